The summed E-state index contributed by atoms with van der Waals surface area (Å²) in [5.74, 6) is -0.190. The second-order valence-corrected chi connectivity index (χ2v) is 2.83. The molecule has 0 aliphatic rings. The van der Waals surface area contributed by atoms with Crippen LogP contribution in [0.2, 0.25) is 0 Å². The fourth-order valence-electron chi connectivity index (χ4n) is 1.05. The van der Waals surface area contributed by atoms with Crippen molar-refractivity contribution in [2.75, 3.05) is 7.11 Å². The maximum absolute atomic E-state index is 9.67. The molecule has 0 unspecified atom stereocenters. The van der Waals surface area contributed by atoms with Crippen molar-refractivity contribution < 1.29 is 9.84 Å². The van der Waals surface area contributed by atoms with Crippen molar-refractivity contribution in [3.05, 3.63) is 18.2 Å². The Morgan fingerprint density at radius 2 is 2.00 bits per heavy atom. The van der Waals surface area contributed by atoms with Gasteiger partial charge in [0, 0.05) is 0 Å². The number of hydrogen-bond donors (Lipinski definition) is 4. The van der Waals surface area contributed by atoms with Crippen molar-refractivity contribution in [2.24, 2.45) is 27.2 Å². The predicted octanol–water partition coefficient (Wildman–Crippen LogP) is -0.380. The van der Waals surface area contributed by atoms with Crippen molar-refractivity contribution in [2.45, 2.75) is 0 Å². The Labute approximate surface area is 92.2 Å². The van der Waals surface area contributed by atoms with E-state index in [9.17, 15) is 5.11 Å². The maximum Gasteiger partial charge on any atom is 0.223 e. The molecule has 86 valence electrons. The van der Waals surface area contributed by atoms with Gasteiger partial charge in [-0.1, -0.05) is 6.07 Å². The van der Waals surface area contributed by atoms with Gasteiger partial charge in [0.25, 0.3) is 0 Å². The molecule has 0 saturated carbocycles. The van der Waals surface area contributed by atoms with E-state index in [1.54, 1.807) is 18.2 Å². The van der Waals surface area contributed by atoms with E-state index in [4.69, 9.17) is 21.9 Å². The number of para-hydroxylation sites is 1. The summed E-state index contributed by atoms with van der Waals surface area (Å²) >= 11 is 0. The molecule has 0 radical (unpaired) electrons. The molecule has 7 heteroatoms. The first-order chi connectivity index (χ1) is 7.54. The molecule has 0 spiro atoms. The molecule has 1 rings (SSSR count). The third kappa shape index (κ3) is 2.77. The Morgan fingerprint density at radius 1 is 1.31 bits per heavy atom. The Morgan fingerprint density at radius 3 is 2.56 bits per heavy atom. The highest BCUT2D eigenvalue weighted by Crippen LogP contribution is 2.35. The monoisotopic (exact) mass is 223 g/mol. The number of phenolic OH excluding ortho intramolecular Hbond substituents is 1. The average Bonchev–Trinajstić information content (AvgIpc) is 2.20. The molecule has 1 aromatic carbocycles. The van der Waals surface area contributed by atoms with Crippen LogP contribution in [0.3, 0.4) is 0 Å². The molecule has 0 bridgehead atoms. The largest absolute Gasteiger partial charge is 0.503 e. The van der Waals surface area contributed by atoms with E-state index in [0.717, 1.165) is 0 Å². The number of phenols is 1. The van der Waals surface area contributed by atoms with Crippen LogP contribution in [0.1, 0.15) is 0 Å². The van der Waals surface area contributed by atoms with Gasteiger partial charge < -0.3 is 27.0 Å². The molecule has 7 N–H and O–H groups in total. The quantitative estimate of drug-likeness (QED) is 0.400. The molecule has 0 saturated heterocycles. The number of methoxy groups -OCH3 is 1. The number of aromatic hydroxyl groups is 1. The highest BCUT2D eigenvalue weighted by Gasteiger charge is 2.06. The molecule has 0 aliphatic carbocycles. The number of hydrogen-bond acceptors (Lipinski definition) is 3. The van der Waals surface area contributed by atoms with Crippen LogP contribution in [0.4, 0.5) is 5.69 Å². The molecule has 0 amide bonds. The summed E-state index contributed by atoms with van der Waals surface area (Å²) in [7, 11) is 1.43. The zero-order valence-electron chi connectivity index (χ0n) is 8.71. The van der Waals surface area contributed by atoms with E-state index in [1.165, 1.54) is 7.11 Å². The van der Waals surface area contributed by atoms with Crippen LogP contribution < -0.4 is 21.9 Å². The molecule has 0 aromatic heterocycles. The Balaban J connectivity index is 3.11. The summed E-state index contributed by atoms with van der Waals surface area (Å²) in [5, 5.41) is 9.67. The minimum Gasteiger partial charge on any atom is -0.503 e. The van der Waals surface area contributed by atoms with Crippen molar-refractivity contribution in [1.82, 2.24) is 0 Å². The minimum absolute atomic E-state index is 0.126. The fourth-order valence-corrected chi connectivity index (χ4v) is 1.05. The lowest BCUT2D eigenvalue weighted by Crippen LogP contribution is -2.26. The van der Waals surface area contributed by atoms with Crippen molar-refractivity contribution in [3.8, 4) is 11.5 Å². The molecule has 0 aliphatic heterocycles. The third-order valence-electron chi connectivity index (χ3n) is 1.68. The molecular weight excluding hydrogens is 210 g/mol. The van der Waals surface area contributed by atoms with Crippen molar-refractivity contribution >= 4 is 17.6 Å². The molecule has 1 aromatic rings. The van der Waals surface area contributed by atoms with E-state index < -0.39 is 0 Å². The number of rotatable bonds is 2. The van der Waals surface area contributed by atoms with Crippen LogP contribution >= 0.6 is 0 Å². The number of aliphatic imine (C=N–C) groups is 2. The van der Waals surface area contributed by atoms with Gasteiger partial charge in [0.1, 0.15) is 5.69 Å². The van der Waals surface area contributed by atoms with Crippen LogP contribution in [-0.4, -0.2) is 24.1 Å². The molecule has 0 atom stereocenters. The highest BCUT2D eigenvalue weighted by atomic mass is 16.5. The van der Waals surface area contributed by atoms with Gasteiger partial charge in [-0.25, -0.2) is 4.99 Å². The predicted molar refractivity (Wildman–Crippen MR) is 61.8 cm³/mol. The van der Waals surface area contributed by atoms with Gasteiger partial charge in [0.05, 0.1) is 7.11 Å². The molecule has 0 fully saturated rings. The van der Waals surface area contributed by atoms with Crippen LogP contribution in [0.5, 0.6) is 11.5 Å². The lowest BCUT2D eigenvalue weighted by Gasteiger charge is -2.04. The molecule has 7 nitrogen and oxygen atoms in total. The smallest absolute Gasteiger partial charge is 0.223 e. The molecular formula is C9H13N5O2. The van der Waals surface area contributed by atoms with Gasteiger partial charge in [0.2, 0.25) is 5.96 Å². The van der Waals surface area contributed by atoms with E-state index in [1.807, 2.05) is 0 Å². The van der Waals surface area contributed by atoms with Gasteiger partial charge in [0.15, 0.2) is 17.5 Å². The van der Waals surface area contributed by atoms with Crippen LogP contribution in [0.15, 0.2) is 28.2 Å². The lowest BCUT2D eigenvalue weighted by molar-refractivity contribution is 0.374. The zero-order valence-corrected chi connectivity index (χ0v) is 8.71. The second kappa shape index (κ2) is 4.87. The van der Waals surface area contributed by atoms with Crippen molar-refractivity contribution in [1.29, 1.82) is 0 Å². The number of benzene rings is 1. The van der Waals surface area contributed by atoms with Gasteiger partial charge in [-0.15, -0.1) is 0 Å². The number of guanidine groups is 2. The summed E-state index contributed by atoms with van der Waals surface area (Å²) < 4.78 is 4.90. The van der Waals surface area contributed by atoms with Crippen LogP contribution in [-0.2, 0) is 0 Å². The Kier molecular flexibility index (Phi) is 3.54. The Hall–Kier alpha value is -2.44. The first-order valence-electron chi connectivity index (χ1n) is 4.34. The number of nitrogens with two attached hydrogens (primary N) is 3. The van der Waals surface area contributed by atoms with E-state index >= 15 is 0 Å². The van der Waals surface area contributed by atoms with Crippen LogP contribution in [0, 0.1) is 0 Å². The first-order valence-corrected chi connectivity index (χ1v) is 4.34. The Bertz CT molecular complexity index is 438. The fraction of sp³-hybridized carbons (Fsp3) is 0.111. The van der Waals surface area contributed by atoms with Gasteiger partial charge in [-0.3, -0.25) is 0 Å². The minimum atomic E-state index is -0.205. The SMILES string of the molecule is COc1cccc(N=C(N)N=C(N)N)c1O. The van der Waals surface area contributed by atoms with E-state index in [-0.39, 0.29) is 23.4 Å². The highest BCUT2D eigenvalue weighted by molar-refractivity contribution is 5.94. The van der Waals surface area contributed by atoms with Crippen LogP contribution in [0.25, 0.3) is 0 Å². The third-order valence-corrected chi connectivity index (χ3v) is 1.68. The summed E-state index contributed by atoms with van der Waals surface area (Å²) in [5.41, 5.74) is 15.9. The van der Waals surface area contributed by atoms with Crippen molar-refractivity contribution in [3.63, 3.8) is 0 Å². The first kappa shape index (κ1) is 11.6. The van der Waals surface area contributed by atoms with E-state index in [2.05, 4.69) is 9.98 Å². The lowest BCUT2D eigenvalue weighted by atomic mass is 10.3. The van der Waals surface area contributed by atoms with Gasteiger partial charge in [-0.05, 0) is 12.1 Å². The normalized spacial score (nSPS) is 10.9. The summed E-state index contributed by atoms with van der Waals surface area (Å²) in [6, 6.07) is 4.79. The van der Waals surface area contributed by atoms with Gasteiger partial charge >= 0.3 is 0 Å². The second-order valence-electron chi connectivity index (χ2n) is 2.83. The topological polar surface area (TPSA) is 132 Å². The molecule has 0 heterocycles. The summed E-state index contributed by atoms with van der Waals surface area (Å²) in [6.07, 6.45) is 0. The maximum atomic E-state index is 9.67. The summed E-state index contributed by atoms with van der Waals surface area (Å²) in [4.78, 5) is 7.34. The number of ether oxygens (including phenoxy) is 1. The zero-order chi connectivity index (χ0) is 12.1. The standard InChI is InChI=1S/C9H13N5O2/c1-16-6-4-2-3-5(7(6)15)13-9(12)14-8(10)11/h2-4,15H,1H3,(H6,10,11,12,13,14). The number of nitrogens with zero attached hydrogens (tertiary/aromatic N) is 2. The average molecular weight is 223 g/mol. The van der Waals surface area contributed by atoms with Gasteiger partial charge in [-0.2, -0.15) is 4.99 Å². The summed E-state index contributed by atoms with van der Waals surface area (Å²) in [6.45, 7) is 0. The molecule has 16 heavy (non-hydrogen) atoms. The van der Waals surface area contributed by atoms with E-state index in [0.29, 0.717) is 5.75 Å².